The summed E-state index contributed by atoms with van der Waals surface area (Å²) in [5.74, 6) is -1.10. The van der Waals surface area contributed by atoms with E-state index in [0.717, 1.165) is 0 Å². The van der Waals surface area contributed by atoms with Crippen LogP contribution in [0.5, 0.6) is 0 Å². The maximum Gasteiger partial charge on any atom is 0.320 e. The minimum atomic E-state index is -2.51. The van der Waals surface area contributed by atoms with Crippen molar-refractivity contribution < 1.29 is 18.7 Å². The molecule has 16 heavy (non-hydrogen) atoms. The van der Waals surface area contributed by atoms with Crippen molar-refractivity contribution >= 4 is 18.4 Å². The highest BCUT2D eigenvalue weighted by atomic mass is 35.5. The van der Waals surface area contributed by atoms with E-state index in [-0.39, 0.29) is 24.4 Å². The number of halogens is 3. The highest BCUT2D eigenvalue weighted by molar-refractivity contribution is 5.85. The molecule has 3 N–H and O–H groups in total. The second-order valence-corrected chi connectivity index (χ2v) is 3.19. The van der Waals surface area contributed by atoms with E-state index in [9.17, 15) is 13.6 Å². The molecule has 0 bridgehead atoms. The molecule has 3 nitrogen and oxygen atoms in total. The number of rotatable bonds is 4. The third-order valence-electron chi connectivity index (χ3n) is 2.00. The van der Waals surface area contributed by atoms with Crippen LogP contribution in [0.3, 0.4) is 0 Å². The predicted molar refractivity (Wildman–Crippen MR) is 58.0 cm³/mol. The zero-order chi connectivity index (χ0) is 11.4. The Balaban J connectivity index is 0.00000225. The molecular weight excluding hydrogens is 240 g/mol. The molecule has 0 spiro atoms. The molecule has 0 aromatic heterocycles. The normalized spacial score (nSPS) is 12.0. The van der Waals surface area contributed by atoms with Gasteiger partial charge in [-0.05, 0) is 12.0 Å². The molecule has 0 unspecified atom stereocenters. The van der Waals surface area contributed by atoms with Crippen molar-refractivity contribution in [3.63, 3.8) is 0 Å². The maximum atomic E-state index is 12.2. The van der Waals surface area contributed by atoms with E-state index in [0.29, 0.717) is 5.56 Å². The molecule has 0 aliphatic carbocycles. The third-order valence-corrected chi connectivity index (χ3v) is 2.00. The molecule has 0 heterocycles. The van der Waals surface area contributed by atoms with Gasteiger partial charge in [0.15, 0.2) is 0 Å². The fraction of sp³-hybridized carbons (Fsp3) is 0.300. The molecule has 0 amide bonds. The Bertz CT molecular complexity index is 343. The quantitative estimate of drug-likeness (QED) is 0.860. The van der Waals surface area contributed by atoms with Gasteiger partial charge in [-0.25, -0.2) is 8.78 Å². The molecule has 0 fully saturated rings. The number of carboxylic acid groups (broad SMARTS) is 1. The molecule has 1 atom stereocenters. The van der Waals surface area contributed by atoms with Crippen molar-refractivity contribution in [2.45, 2.75) is 18.9 Å². The van der Waals surface area contributed by atoms with Crippen LogP contribution < -0.4 is 5.73 Å². The first-order valence-corrected chi connectivity index (χ1v) is 4.36. The Morgan fingerprint density at radius 3 is 2.19 bits per heavy atom. The van der Waals surface area contributed by atoms with Gasteiger partial charge in [-0.15, -0.1) is 12.4 Å². The van der Waals surface area contributed by atoms with Crippen LogP contribution >= 0.6 is 12.4 Å². The van der Waals surface area contributed by atoms with E-state index in [1.165, 1.54) is 24.3 Å². The Morgan fingerprint density at radius 2 is 1.81 bits per heavy atom. The van der Waals surface area contributed by atoms with Crippen molar-refractivity contribution in [2.24, 2.45) is 5.73 Å². The molecule has 1 aromatic carbocycles. The van der Waals surface area contributed by atoms with Crippen molar-refractivity contribution in [1.82, 2.24) is 0 Å². The van der Waals surface area contributed by atoms with Gasteiger partial charge >= 0.3 is 5.97 Å². The van der Waals surface area contributed by atoms with Gasteiger partial charge < -0.3 is 10.8 Å². The smallest absolute Gasteiger partial charge is 0.320 e. The Kier molecular flexibility index (Phi) is 5.92. The molecule has 0 saturated heterocycles. The summed E-state index contributed by atoms with van der Waals surface area (Å²) in [7, 11) is 0. The van der Waals surface area contributed by atoms with E-state index in [1.54, 1.807) is 0 Å². The SMILES string of the molecule is Cl.N[C@@H](Cc1ccc(C(F)F)cc1)C(=O)O. The molecule has 1 rings (SSSR count). The van der Waals surface area contributed by atoms with Gasteiger partial charge in [0.2, 0.25) is 0 Å². The predicted octanol–water partition coefficient (Wildman–Crippen LogP) is 2.00. The largest absolute Gasteiger partial charge is 0.480 e. The van der Waals surface area contributed by atoms with Gasteiger partial charge in [0, 0.05) is 5.56 Å². The molecule has 0 radical (unpaired) electrons. The lowest BCUT2D eigenvalue weighted by Crippen LogP contribution is -2.32. The Morgan fingerprint density at radius 1 is 1.31 bits per heavy atom. The zero-order valence-corrected chi connectivity index (χ0v) is 9.08. The van der Waals surface area contributed by atoms with Gasteiger partial charge in [-0.2, -0.15) is 0 Å². The van der Waals surface area contributed by atoms with Crippen molar-refractivity contribution in [1.29, 1.82) is 0 Å². The summed E-state index contributed by atoms with van der Waals surface area (Å²) >= 11 is 0. The number of nitrogens with two attached hydrogens (primary N) is 1. The molecule has 0 aliphatic heterocycles. The van der Waals surface area contributed by atoms with Crippen LogP contribution in [0.2, 0.25) is 0 Å². The second-order valence-electron chi connectivity index (χ2n) is 3.19. The molecular formula is C10H12ClF2NO2. The van der Waals surface area contributed by atoms with Crippen LogP contribution in [-0.2, 0) is 11.2 Å². The van der Waals surface area contributed by atoms with Crippen LogP contribution in [0.1, 0.15) is 17.6 Å². The van der Waals surface area contributed by atoms with E-state index in [4.69, 9.17) is 10.8 Å². The zero-order valence-electron chi connectivity index (χ0n) is 8.27. The number of hydrogen-bond donors (Lipinski definition) is 2. The summed E-state index contributed by atoms with van der Waals surface area (Å²) in [6.45, 7) is 0. The number of carboxylic acids is 1. The van der Waals surface area contributed by atoms with Crippen LogP contribution in [0.15, 0.2) is 24.3 Å². The van der Waals surface area contributed by atoms with Gasteiger partial charge in [-0.1, -0.05) is 24.3 Å². The van der Waals surface area contributed by atoms with Crippen LogP contribution in [0.25, 0.3) is 0 Å². The first-order chi connectivity index (χ1) is 7.00. The topological polar surface area (TPSA) is 63.3 Å². The molecule has 90 valence electrons. The highest BCUT2D eigenvalue weighted by Crippen LogP contribution is 2.18. The fourth-order valence-electron chi connectivity index (χ4n) is 1.14. The van der Waals surface area contributed by atoms with Gasteiger partial charge in [0.25, 0.3) is 6.43 Å². The number of aliphatic carboxylic acids is 1. The standard InChI is InChI=1S/C10H11F2NO2.ClH/c11-9(12)7-3-1-6(2-4-7)5-8(13)10(14)15;/h1-4,8-9H,5,13H2,(H,14,15);1H/t8-;/m0./s1. The summed E-state index contributed by atoms with van der Waals surface area (Å²) in [6, 6.07) is 4.47. The Labute approximate surface area is 97.7 Å². The number of carbonyl (C=O) groups is 1. The third kappa shape index (κ3) is 4.12. The first kappa shape index (κ1) is 14.8. The average Bonchev–Trinajstić information content (AvgIpc) is 2.18. The van der Waals surface area contributed by atoms with Crippen molar-refractivity contribution in [3.8, 4) is 0 Å². The first-order valence-electron chi connectivity index (χ1n) is 4.36. The molecule has 0 saturated carbocycles. The minimum absolute atomic E-state index is 0. The van der Waals surface area contributed by atoms with Gasteiger partial charge in [-0.3, -0.25) is 4.79 Å². The van der Waals surface area contributed by atoms with Crippen LogP contribution in [0.4, 0.5) is 8.78 Å². The van der Waals surface area contributed by atoms with Gasteiger partial charge in [0.05, 0.1) is 0 Å². The summed E-state index contributed by atoms with van der Waals surface area (Å²) in [6.07, 6.45) is -2.37. The highest BCUT2D eigenvalue weighted by Gasteiger charge is 2.12. The number of benzene rings is 1. The van der Waals surface area contributed by atoms with Crippen molar-refractivity contribution in [2.75, 3.05) is 0 Å². The molecule has 6 heteroatoms. The number of alkyl halides is 2. The fourth-order valence-corrected chi connectivity index (χ4v) is 1.14. The summed E-state index contributed by atoms with van der Waals surface area (Å²) < 4.78 is 24.3. The van der Waals surface area contributed by atoms with Crippen molar-refractivity contribution in [3.05, 3.63) is 35.4 Å². The maximum absolute atomic E-state index is 12.2. The lowest BCUT2D eigenvalue weighted by Gasteiger charge is -2.07. The van der Waals surface area contributed by atoms with E-state index in [1.807, 2.05) is 0 Å². The minimum Gasteiger partial charge on any atom is -0.480 e. The monoisotopic (exact) mass is 251 g/mol. The Hall–Kier alpha value is -1.20. The second kappa shape index (κ2) is 6.40. The molecule has 1 aromatic rings. The lowest BCUT2D eigenvalue weighted by atomic mass is 10.1. The van der Waals surface area contributed by atoms with E-state index in [2.05, 4.69) is 0 Å². The van der Waals surface area contributed by atoms with Crippen LogP contribution in [-0.4, -0.2) is 17.1 Å². The van der Waals surface area contributed by atoms with Crippen LogP contribution in [0, 0.1) is 0 Å². The average molecular weight is 252 g/mol. The summed E-state index contributed by atoms with van der Waals surface area (Å²) in [5, 5.41) is 8.54. The summed E-state index contributed by atoms with van der Waals surface area (Å²) in [5.41, 5.74) is 5.85. The van der Waals surface area contributed by atoms with E-state index >= 15 is 0 Å². The van der Waals surface area contributed by atoms with Gasteiger partial charge in [0.1, 0.15) is 6.04 Å². The number of hydrogen-bond acceptors (Lipinski definition) is 2. The van der Waals surface area contributed by atoms with E-state index < -0.39 is 18.4 Å². The summed E-state index contributed by atoms with van der Waals surface area (Å²) in [4.78, 5) is 10.4. The molecule has 0 aliphatic rings. The lowest BCUT2D eigenvalue weighted by molar-refractivity contribution is -0.138.